The summed E-state index contributed by atoms with van der Waals surface area (Å²) in [6, 6.07) is 11.5. The standard InChI is InChI=1S/C43H69N3O14.C43H68N2O15.C7H10N2O/c1-33(34(2)47)13-9-10-22-44-40(50)31-59-30-28-57-26-23-45-41(51)32-58-29-27-56-24-12-14-36(48)18-21-38(43(54)55)46-39(49)15-8-6-4-3-5-7-11-25-60-37-19-16-35(17-20-37)42(52)53;1-33(41(50)51)12-8-9-21-44-40(49)32-59-29-26-56-23-11-14-37(47)31-58-28-27-57-25-22-45-39(48)20-17-35(43(54)55)30-36(46)13-7-5-3-2-4-6-10-24-60-38-18-15-34(16-19-38)42(52)53;1-6(10)2-3-7-4-8-5-9-7/h16-17,19-20,33,38H,3-15,18,21-32H2,1-2H3,(H,44,50)(H,45,51)(H,46,49)(H,52,53)(H,54,55);15-16,18-19,33,35H,2-14,17,20-32H2,1H3,(H,44,49)(H,45,48)(H,50,51)(H,52,53)(H,54,55);4-5H,2-3H2,1H3,(H,8,9)/t33-,38-;33-,35+;/m00./s1. The Morgan fingerprint density at radius 3 is 1.20 bits per heavy atom. The molecule has 0 fully saturated rings. The fraction of sp³-hybridized carbons (Fsp3) is 0.677. The number of carboxylic acids is 5. The third-order valence-electron chi connectivity index (χ3n) is 20.0. The molecule has 734 valence electrons. The average Bonchev–Trinajstić information content (AvgIpc) is 0.921. The van der Waals surface area contributed by atoms with Gasteiger partial charge in [-0.1, -0.05) is 90.9 Å². The van der Waals surface area contributed by atoms with Crippen molar-refractivity contribution in [2.75, 3.05) is 145 Å². The van der Waals surface area contributed by atoms with E-state index in [1.807, 2.05) is 6.92 Å². The van der Waals surface area contributed by atoms with Crippen LogP contribution in [0.5, 0.6) is 11.5 Å². The van der Waals surface area contributed by atoms with Gasteiger partial charge in [0.2, 0.25) is 29.5 Å². The SMILES string of the molecule is CC(=O)CCc1cnc[nH]1.CC(=O)[C@@H](C)CCCCNC(=O)COCCOCCNC(=O)COCCOCCCC(=O)CC[C@H](NC(=O)CCCCCCCCCOc1ccc(C(=O)O)cc1)C(=O)O.C[C@@H](CCCCNC(=O)COCCOCCCC(=O)COCCOCCNC(=O)CC[C@H](CC(=O)CCCCCCCCCOc1ccc(C(=O)O)cc1)C(=O)O)C(=O)O. The Morgan fingerprint density at radius 1 is 0.346 bits per heavy atom. The first-order valence-electron chi connectivity index (χ1n) is 45.7. The van der Waals surface area contributed by atoms with Crippen LogP contribution in [0.1, 0.15) is 260 Å². The molecule has 0 aliphatic heterocycles. The van der Waals surface area contributed by atoms with E-state index in [4.69, 9.17) is 62.7 Å². The molecule has 37 nitrogen and oxygen atoms in total. The number of aromatic carboxylic acids is 2. The first-order valence-corrected chi connectivity index (χ1v) is 45.7. The molecular weight excluding hydrogens is 1700 g/mol. The number of carbonyl (C=O) groups excluding carboxylic acids is 10. The van der Waals surface area contributed by atoms with Gasteiger partial charge in [0.05, 0.1) is 109 Å². The van der Waals surface area contributed by atoms with E-state index in [9.17, 15) is 82.1 Å². The molecule has 11 N–H and O–H groups in total. The number of H-pyrrole nitrogens is 1. The zero-order valence-corrected chi connectivity index (χ0v) is 76.9. The highest BCUT2D eigenvalue weighted by Crippen LogP contribution is 2.20. The first-order chi connectivity index (χ1) is 62.6. The minimum absolute atomic E-state index is 0.0147. The number of ketones is 5. The predicted molar refractivity (Wildman–Crippen MR) is 479 cm³/mol. The number of carbonyl (C=O) groups is 15. The fourth-order valence-corrected chi connectivity index (χ4v) is 12.1. The number of aromatic amines is 1. The number of aliphatic carboxylic acids is 3. The minimum atomic E-state index is -1.18. The van der Waals surface area contributed by atoms with Crippen LogP contribution in [-0.4, -0.2) is 275 Å². The van der Waals surface area contributed by atoms with E-state index in [0.29, 0.717) is 109 Å². The number of unbranched alkanes of at least 4 members (excludes halogenated alkanes) is 14. The largest absolute Gasteiger partial charge is 0.494 e. The summed E-state index contributed by atoms with van der Waals surface area (Å²) in [5.41, 5.74) is 1.46. The summed E-state index contributed by atoms with van der Waals surface area (Å²) in [5, 5.41) is 59.2. The Balaban J connectivity index is 0.00000117. The molecule has 0 unspecified atom stereocenters. The van der Waals surface area contributed by atoms with Crippen molar-refractivity contribution in [2.24, 2.45) is 17.8 Å². The average molecular weight is 1840 g/mol. The van der Waals surface area contributed by atoms with Gasteiger partial charge in [-0.05, 0) is 146 Å². The smallest absolute Gasteiger partial charge is 0.335 e. The lowest BCUT2D eigenvalue weighted by Gasteiger charge is -2.14. The number of hydrogen-bond acceptors (Lipinski definition) is 26. The van der Waals surface area contributed by atoms with Gasteiger partial charge in [-0.3, -0.25) is 52.7 Å². The van der Waals surface area contributed by atoms with Crippen LogP contribution < -0.4 is 36.1 Å². The number of rotatable bonds is 84. The van der Waals surface area contributed by atoms with Crippen molar-refractivity contribution < 1.29 is 145 Å². The number of aromatic nitrogens is 2. The van der Waals surface area contributed by atoms with Crippen molar-refractivity contribution in [1.29, 1.82) is 0 Å². The second-order valence-electron chi connectivity index (χ2n) is 31.5. The van der Waals surface area contributed by atoms with E-state index in [1.165, 1.54) is 24.3 Å². The molecule has 37 heteroatoms. The molecular formula is C93H147N7O30. The van der Waals surface area contributed by atoms with Gasteiger partial charge >= 0.3 is 29.8 Å². The Labute approximate surface area is 764 Å². The van der Waals surface area contributed by atoms with Crippen LogP contribution >= 0.6 is 0 Å². The van der Waals surface area contributed by atoms with Gasteiger partial charge in [0, 0.05) is 109 Å². The Hall–Kier alpha value is -10.0. The van der Waals surface area contributed by atoms with Crippen LogP contribution in [-0.2, 0) is 107 Å². The van der Waals surface area contributed by atoms with Gasteiger partial charge < -0.3 is 109 Å². The molecule has 3 rings (SSSR count). The predicted octanol–water partition coefficient (Wildman–Crippen LogP) is 10.1. The van der Waals surface area contributed by atoms with Gasteiger partial charge in [-0.2, -0.15) is 0 Å². The Morgan fingerprint density at radius 2 is 0.762 bits per heavy atom. The monoisotopic (exact) mass is 1840 g/mol. The van der Waals surface area contributed by atoms with E-state index in [1.54, 1.807) is 57.6 Å². The third kappa shape index (κ3) is 71.8. The molecule has 1 aromatic heterocycles. The van der Waals surface area contributed by atoms with E-state index in [-0.39, 0.29) is 232 Å². The number of benzene rings is 2. The maximum Gasteiger partial charge on any atom is 0.335 e. The van der Waals surface area contributed by atoms with Crippen molar-refractivity contribution in [3.8, 4) is 11.5 Å². The maximum absolute atomic E-state index is 12.4. The molecule has 3 aromatic rings. The van der Waals surface area contributed by atoms with Crippen LogP contribution in [0.4, 0.5) is 0 Å². The molecule has 2 aromatic carbocycles. The summed E-state index contributed by atoms with van der Waals surface area (Å²) in [4.78, 5) is 181. The number of nitrogens with zero attached hydrogens (tertiary/aromatic N) is 1. The van der Waals surface area contributed by atoms with Crippen molar-refractivity contribution in [3.63, 3.8) is 0 Å². The van der Waals surface area contributed by atoms with Crippen LogP contribution in [0.15, 0.2) is 61.1 Å². The molecule has 0 spiro atoms. The quantitative estimate of drug-likeness (QED) is 0.0234. The number of carboxylic acid groups (broad SMARTS) is 5. The number of nitrogens with one attached hydrogen (secondary N) is 6. The fourth-order valence-electron chi connectivity index (χ4n) is 12.1. The lowest BCUT2D eigenvalue weighted by atomic mass is 9.94. The van der Waals surface area contributed by atoms with Crippen LogP contribution in [0.3, 0.4) is 0 Å². The molecule has 0 saturated carbocycles. The minimum Gasteiger partial charge on any atom is -0.494 e. The zero-order chi connectivity index (χ0) is 95.8. The molecule has 130 heavy (non-hydrogen) atoms. The molecule has 1 heterocycles. The second kappa shape index (κ2) is 79.9. The molecule has 0 aliphatic carbocycles. The summed E-state index contributed by atoms with van der Waals surface area (Å²) in [7, 11) is 0. The number of amides is 5. The van der Waals surface area contributed by atoms with Gasteiger partial charge in [-0.25, -0.2) is 19.4 Å². The van der Waals surface area contributed by atoms with Crippen molar-refractivity contribution >= 4 is 88.3 Å². The highest BCUT2D eigenvalue weighted by atomic mass is 16.5. The summed E-state index contributed by atoms with van der Waals surface area (Å²) >= 11 is 0. The topological polar surface area (TPSA) is 538 Å². The number of Topliss-reactive ketones (excluding diaryl/α,β-unsaturated/α-hetero) is 5. The van der Waals surface area contributed by atoms with E-state index >= 15 is 0 Å². The Kier molecular flexibility index (Phi) is 72.5. The van der Waals surface area contributed by atoms with Gasteiger partial charge in [-0.15, -0.1) is 0 Å². The third-order valence-corrected chi connectivity index (χ3v) is 20.0. The first kappa shape index (κ1) is 118. The highest BCUT2D eigenvalue weighted by molar-refractivity contribution is 5.89. The number of hydrogen-bond donors (Lipinski definition) is 11. The van der Waals surface area contributed by atoms with E-state index in [0.717, 1.165) is 108 Å². The van der Waals surface area contributed by atoms with E-state index < -0.39 is 47.7 Å². The summed E-state index contributed by atoms with van der Waals surface area (Å²) in [6.07, 6.45) is 24.1. The number of aryl methyl sites for hydroxylation is 1. The molecule has 5 amide bonds. The van der Waals surface area contributed by atoms with Gasteiger partial charge in [0.15, 0.2) is 5.78 Å². The lowest BCUT2D eigenvalue weighted by Crippen LogP contribution is -2.41. The van der Waals surface area contributed by atoms with Crippen LogP contribution in [0, 0.1) is 17.8 Å². The van der Waals surface area contributed by atoms with Gasteiger partial charge in [0.25, 0.3) is 0 Å². The van der Waals surface area contributed by atoms with Crippen LogP contribution in [0.2, 0.25) is 0 Å². The molecule has 0 radical (unpaired) electrons. The maximum atomic E-state index is 12.4. The molecule has 4 atom stereocenters. The number of ether oxygens (including phenoxy) is 10. The van der Waals surface area contributed by atoms with E-state index in [2.05, 4.69) is 36.6 Å². The van der Waals surface area contributed by atoms with Crippen LogP contribution in [0.25, 0.3) is 0 Å². The molecule has 0 saturated heterocycles. The zero-order valence-electron chi connectivity index (χ0n) is 76.9. The summed E-state index contributed by atoms with van der Waals surface area (Å²) in [6.45, 7) is 12.0. The number of imidazole rings is 1. The second-order valence-corrected chi connectivity index (χ2v) is 31.5. The highest BCUT2D eigenvalue weighted by Gasteiger charge is 2.24. The van der Waals surface area contributed by atoms with Crippen molar-refractivity contribution in [3.05, 3.63) is 77.9 Å². The summed E-state index contributed by atoms with van der Waals surface area (Å²) < 4.78 is 54.1. The van der Waals surface area contributed by atoms with Gasteiger partial charge in [0.1, 0.15) is 67.1 Å². The molecule has 0 aliphatic rings. The van der Waals surface area contributed by atoms with Crippen molar-refractivity contribution in [2.45, 2.75) is 246 Å². The normalized spacial score (nSPS) is 11.8. The molecule has 0 bridgehead atoms. The lowest BCUT2D eigenvalue weighted by molar-refractivity contribution is -0.144. The van der Waals surface area contributed by atoms with Crippen molar-refractivity contribution in [1.82, 2.24) is 36.6 Å². The summed E-state index contributed by atoms with van der Waals surface area (Å²) in [5.74, 6) is -6.37. The Bertz CT molecular complexity index is 3420.